The van der Waals surface area contributed by atoms with E-state index in [2.05, 4.69) is 17.2 Å². The molecule has 1 aliphatic rings. The second-order valence-electron chi connectivity index (χ2n) is 3.93. The molecule has 1 aromatic heterocycles. The van der Waals surface area contributed by atoms with Crippen LogP contribution in [0, 0.1) is 0 Å². The van der Waals surface area contributed by atoms with Crippen LogP contribution in [0.2, 0.25) is 0 Å². The van der Waals surface area contributed by atoms with Crippen LogP contribution in [0.5, 0.6) is 5.75 Å². The van der Waals surface area contributed by atoms with Crippen LogP contribution in [0.1, 0.15) is 31.7 Å². The zero-order chi connectivity index (χ0) is 10.5. The summed E-state index contributed by atoms with van der Waals surface area (Å²) in [4.78, 5) is 4.11. The maximum atomic E-state index is 5.88. The molecule has 2 rings (SSSR count). The van der Waals surface area contributed by atoms with E-state index in [1.165, 1.54) is 24.8 Å². The third-order valence-electron chi connectivity index (χ3n) is 2.78. The second-order valence-corrected chi connectivity index (χ2v) is 3.93. The van der Waals surface area contributed by atoms with E-state index in [1.807, 2.05) is 18.5 Å². The maximum absolute atomic E-state index is 5.88. The molecule has 1 aromatic rings. The van der Waals surface area contributed by atoms with Crippen LogP contribution in [-0.4, -0.2) is 17.6 Å². The van der Waals surface area contributed by atoms with Gasteiger partial charge >= 0.3 is 0 Å². The van der Waals surface area contributed by atoms with Gasteiger partial charge < -0.3 is 10.1 Å². The maximum Gasteiger partial charge on any atom is 0.142 e. The molecule has 82 valence electrons. The van der Waals surface area contributed by atoms with Gasteiger partial charge in [0, 0.05) is 18.3 Å². The molecule has 0 aliphatic heterocycles. The van der Waals surface area contributed by atoms with Crippen molar-refractivity contribution in [2.45, 2.75) is 38.8 Å². The molecule has 0 spiro atoms. The summed E-state index contributed by atoms with van der Waals surface area (Å²) in [6.45, 7) is 3.94. The molecule has 0 unspecified atom stereocenters. The molecule has 0 atom stereocenters. The number of aromatic nitrogens is 1. The Balaban J connectivity index is 1.99. The molecule has 1 N–H and O–H groups in total. The minimum absolute atomic E-state index is 0.426. The van der Waals surface area contributed by atoms with E-state index < -0.39 is 0 Å². The number of nitrogens with zero attached hydrogens (tertiary/aromatic N) is 1. The standard InChI is InChI=1S/C12H18N2O/c1-2-13-8-10-6-7-14-9-12(10)15-11-4-3-5-11/h6-7,9,11,13H,2-5,8H2,1H3. The van der Waals surface area contributed by atoms with Gasteiger partial charge in [0.1, 0.15) is 5.75 Å². The first-order valence-electron chi connectivity index (χ1n) is 5.70. The van der Waals surface area contributed by atoms with E-state index in [1.54, 1.807) is 0 Å². The smallest absolute Gasteiger partial charge is 0.142 e. The summed E-state index contributed by atoms with van der Waals surface area (Å²) in [5.41, 5.74) is 1.21. The molecule has 3 heteroatoms. The van der Waals surface area contributed by atoms with Crippen LogP contribution in [0.4, 0.5) is 0 Å². The van der Waals surface area contributed by atoms with Crippen molar-refractivity contribution in [1.29, 1.82) is 0 Å². The SMILES string of the molecule is CCNCc1ccncc1OC1CCC1. The van der Waals surface area contributed by atoms with Gasteiger partial charge in [0.25, 0.3) is 0 Å². The third-order valence-corrected chi connectivity index (χ3v) is 2.78. The number of pyridine rings is 1. The van der Waals surface area contributed by atoms with Gasteiger partial charge in [-0.3, -0.25) is 4.98 Å². The van der Waals surface area contributed by atoms with E-state index >= 15 is 0 Å². The highest BCUT2D eigenvalue weighted by atomic mass is 16.5. The molecule has 0 aromatic carbocycles. The van der Waals surface area contributed by atoms with Crippen LogP contribution in [0.15, 0.2) is 18.5 Å². The van der Waals surface area contributed by atoms with E-state index in [0.29, 0.717) is 6.10 Å². The van der Waals surface area contributed by atoms with Gasteiger partial charge in [0.2, 0.25) is 0 Å². The lowest BCUT2D eigenvalue weighted by atomic mass is 9.96. The van der Waals surface area contributed by atoms with Crippen molar-refractivity contribution in [3.05, 3.63) is 24.0 Å². The Kier molecular flexibility index (Phi) is 3.56. The van der Waals surface area contributed by atoms with Crippen LogP contribution in [0.3, 0.4) is 0 Å². The fourth-order valence-electron chi connectivity index (χ4n) is 1.59. The van der Waals surface area contributed by atoms with Crippen LogP contribution < -0.4 is 10.1 Å². The molecule has 15 heavy (non-hydrogen) atoms. The summed E-state index contributed by atoms with van der Waals surface area (Å²) in [5, 5.41) is 3.31. The zero-order valence-corrected chi connectivity index (χ0v) is 9.20. The van der Waals surface area contributed by atoms with Crippen molar-refractivity contribution in [2.24, 2.45) is 0 Å². The number of hydrogen-bond donors (Lipinski definition) is 1. The molecule has 1 aliphatic carbocycles. The average Bonchev–Trinajstić information content (AvgIpc) is 2.22. The van der Waals surface area contributed by atoms with Crippen LogP contribution in [0.25, 0.3) is 0 Å². The number of rotatable bonds is 5. The highest BCUT2D eigenvalue weighted by Gasteiger charge is 2.20. The zero-order valence-electron chi connectivity index (χ0n) is 9.20. The first kappa shape index (κ1) is 10.4. The quantitative estimate of drug-likeness (QED) is 0.801. The lowest BCUT2D eigenvalue weighted by Crippen LogP contribution is -2.25. The highest BCUT2D eigenvalue weighted by Crippen LogP contribution is 2.26. The van der Waals surface area contributed by atoms with Crippen molar-refractivity contribution in [1.82, 2.24) is 10.3 Å². The number of hydrogen-bond acceptors (Lipinski definition) is 3. The predicted molar refractivity (Wildman–Crippen MR) is 59.9 cm³/mol. The number of ether oxygens (including phenoxy) is 1. The van der Waals surface area contributed by atoms with Crippen molar-refractivity contribution in [2.75, 3.05) is 6.54 Å². The molecule has 1 saturated carbocycles. The minimum atomic E-state index is 0.426. The van der Waals surface area contributed by atoms with Gasteiger partial charge in [-0.05, 0) is 31.9 Å². The van der Waals surface area contributed by atoms with Gasteiger partial charge in [0.15, 0.2) is 0 Å². The Labute approximate surface area is 90.9 Å². The molecule has 1 heterocycles. The molecule has 1 fully saturated rings. The average molecular weight is 206 g/mol. The van der Waals surface area contributed by atoms with Crippen molar-refractivity contribution < 1.29 is 4.74 Å². The molecule has 0 saturated heterocycles. The Morgan fingerprint density at radius 3 is 3.07 bits per heavy atom. The fourth-order valence-corrected chi connectivity index (χ4v) is 1.59. The van der Waals surface area contributed by atoms with Gasteiger partial charge in [-0.2, -0.15) is 0 Å². The largest absolute Gasteiger partial charge is 0.488 e. The Morgan fingerprint density at radius 1 is 1.53 bits per heavy atom. The molecule has 3 nitrogen and oxygen atoms in total. The predicted octanol–water partition coefficient (Wildman–Crippen LogP) is 2.12. The lowest BCUT2D eigenvalue weighted by Gasteiger charge is -2.27. The normalized spacial score (nSPS) is 16.1. The third kappa shape index (κ3) is 2.69. The van der Waals surface area contributed by atoms with Gasteiger partial charge in [-0.1, -0.05) is 6.92 Å². The van der Waals surface area contributed by atoms with Crippen molar-refractivity contribution in [3.8, 4) is 5.75 Å². The van der Waals surface area contributed by atoms with Crippen molar-refractivity contribution in [3.63, 3.8) is 0 Å². The Hall–Kier alpha value is -1.09. The van der Waals surface area contributed by atoms with Crippen LogP contribution in [-0.2, 0) is 6.54 Å². The summed E-state index contributed by atoms with van der Waals surface area (Å²) in [6, 6.07) is 2.02. The second kappa shape index (κ2) is 5.12. The van der Waals surface area contributed by atoms with Crippen LogP contribution >= 0.6 is 0 Å². The number of nitrogens with one attached hydrogen (secondary N) is 1. The topological polar surface area (TPSA) is 34.2 Å². The van der Waals surface area contributed by atoms with E-state index in [-0.39, 0.29) is 0 Å². The monoisotopic (exact) mass is 206 g/mol. The van der Waals surface area contributed by atoms with E-state index in [9.17, 15) is 0 Å². The summed E-state index contributed by atoms with van der Waals surface area (Å²) >= 11 is 0. The van der Waals surface area contributed by atoms with Gasteiger partial charge in [-0.15, -0.1) is 0 Å². The molecule has 0 amide bonds. The molecular weight excluding hydrogens is 188 g/mol. The summed E-state index contributed by atoms with van der Waals surface area (Å²) < 4.78 is 5.88. The lowest BCUT2D eigenvalue weighted by molar-refractivity contribution is 0.118. The first-order chi connectivity index (χ1) is 7.40. The Morgan fingerprint density at radius 2 is 2.40 bits per heavy atom. The van der Waals surface area contributed by atoms with Crippen molar-refractivity contribution >= 4 is 0 Å². The van der Waals surface area contributed by atoms with Gasteiger partial charge in [0.05, 0.1) is 12.3 Å². The summed E-state index contributed by atoms with van der Waals surface area (Å²) in [7, 11) is 0. The summed E-state index contributed by atoms with van der Waals surface area (Å²) in [5.74, 6) is 0.947. The minimum Gasteiger partial charge on any atom is -0.488 e. The molecular formula is C12H18N2O. The van der Waals surface area contributed by atoms with Gasteiger partial charge in [-0.25, -0.2) is 0 Å². The van der Waals surface area contributed by atoms with E-state index in [4.69, 9.17) is 4.74 Å². The molecule has 0 bridgehead atoms. The molecule has 0 radical (unpaired) electrons. The van der Waals surface area contributed by atoms with E-state index in [0.717, 1.165) is 18.8 Å². The summed E-state index contributed by atoms with van der Waals surface area (Å²) in [6.07, 6.45) is 7.75. The fraction of sp³-hybridized carbons (Fsp3) is 0.583. The first-order valence-corrected chi connectivity index (χ1v) is 5.70. The highest BCUT2D eigenvalue weighted by molar-refractivity contribution is 5.30. The Bertz CT molecular complexity index is 310.